The summed E-state index contributed by atoms with van der Waals surface area (Å²) in [6, 6.07) is 9.83. The van der Waals surface area contributed by atoms with Crippen molar-refractivity contribution in [1.29, 1.82) is 0 Å². The van der Waals surface area contributed by atoms with Gasteiger partial charge in [0.25, 0.3) is 0 Å². The third kappa shape index (κ3) is 2.22. The van der Waals surface area contributed by atoms with E-state index < -0.39 is 0 Å². The van der Waals surface area contributed by atoms with Crippen molar-refractivity contribution in [2.24, 2.45) is 0 Å². The molecule has 0 spiro atoms. The van der Waals surface area contributed by atoms with Crippen LogP contribution in [0.15, 0.2) is 30.3 Å². The van der Waals surface area contributed by atoms with Crippen molar-refractivity contribution >= 4 is 5.78 Å². The number of rotatable bonds is 3. The average molecular weight is 242 g/mol. The molecule has 0 aliphatic heterocycles. The van der Waals surface area contributed by atoms with Crippen molar-refractivity contribution in [1.82, 2.24) is 9.97 Å². The topological polar surface area (TPSA) is 52.1 Å². The molecule has 0 atom stereocenters. The summed E-state index contributed by atoms with van der Waals surface area (Å²) < 4.78 is 5.06. The average Bonchev–Trinajstić information content (AvgIpc) is 2.38. The number of aromatic nitrogens is 2. The number of hydrogen-bond donors (Lipinski definition) is 0. The Labute approximate surface area is 106 Å². The van der Waals surface area contributed by atoms with Crippen LogP contribution in [0.5, 0.6) is 6.01 Å². The largest absolute Gasteiger partial charge is 0.467 e. The highest BCUT2D eigenvalue weighted by atomic mass is 16.5. The van der Waals surface area contributed by atoms with E-state index in [9.17, 15) is 4.79 Å². The van der Waals surface area contributed by atoms with E-state index >= 15 is 0 Å². The standard InChI is InChI=1S/C14H14N2O2/c1-9-12(10(2)17)13(16-14(15-9)18-3)11-7-5-4-6-8-11/h4-8H,1-3H3. The van der Waals surface area contributed by atoms with E-state index in [4.69, 9.17) is 4.74 Å². The summed E-state index contributed by atoms with van der Waals surface area (Å²) in [6.07, 6.45) is 0. The third-order valence-electron chi connectivity index (χ3n) is 2.65. The van der Waals surface area contributed by atoms with Crippen molar-refractivity contribution in [2.75, 3.05) is 7.11 Å². The molecule has 0 saturated carbocycles. The minimum atomic E-state index is -0.0472. The Bertz CT molecular complexity index is 580. The fraction of sp³-hybridized carbons (Fsp3) is 0.214. The molecule has 92 valence electrons. The second-order valence-corrected chi connectivity index (χ2v) is 3.94. The molecule has 0 fully saturated rings. The van der Waals surface area contributed by atoms with Crippen LogP contribution >= 0.6 is 0 Å². The van der Waals surface area contributed by atoms with Crippen LogP contribution in [-0.4, -0.2) is 22.9 Å². The van der Waals surface area contributed by atoms with Crippen molar-refractivity contribution < 1.29 is 9.53 Å². The summed E-state index contributed by atoms with van der Waals surface area (Å²) in [6.45, 7) is 3.30. The van der Waals surface area contributed by atoms with Crippen LogP contribution in [0.4, 0.5) is 0 Å². The smallest absolute Gasteiger partial charge is 0.316 e. The fourth-order valence-electron chi connectivity index (χ4n) is 1.86. The molecule has 0 bridgehead atoms. The Kier molecular flexibility index (Phi) is 3.37. The summed E-state index contributed by atoms with van der Waals surface area (Å²) in [5.41, 5.74) is 2.68. The minimum absolute atomic E-state index is 0.0472. The van der Waals surface area contributed by atoms with Gasteiger partial charge in [0.05, 0.1) is 24.1 Å². The van der Waals surface area contributed by atoms with Crippen LogP contribution in [-0.2, 0) is 0 Å². The maximum atomic E-state index is 11.7. The van der Waals surface area contributed by atoms with Crippen molar-refractivity contribution in [2.45, 2.75) is 13.8 Å². The van der Waals surface area contributed by atoms with E-state index in [-0.39, 0.29) is 11.8 Å². The van der Waals surface area contributed by atoms with Gasteiger partial charge in [0.15, 0.2) is 5.78 Å². The van der Waals surface area contributed by atoms with Gasteiger partial charge < -0.3 is 4.74 Å². The van der Waals surface area contributed by atoms with Gasteiger partial charge in [0.2, 0.25) is 0 Å². The van der Waals surface area contributed by atoms with Gasteiger partial charge in [-0.3, -0.25) is 4.79 Å². The maximum Gasteiger partial charge on any atom is 0.316 e. The molecule has 0 saturated heterocycles. The van der Waals surface area contributed by atoms with Crippen molar-refractivity contribution in [3.63, 3.8) is 0 Å². The summed E-state index contributed by atoms with van der Waals surface area (Å²) in [5, 5.41) is 0. The number of aryl methyl sites for hydroxylation is 1. The number of carbonyl (C=O) groups is 1. The van der Waals surface area contributed by atoms with E-state index in [1.165, 1.54) is 14.0 Å². The zero-order valence-electron chi connectivity index (χ0n) is 10.6. The molecule has 1 heterocycles. The molecule has 0 radical (unpaired) electrons. The Hall–Kier alpha value is -2.23. The molecule has 0 unspecified atom stereocenters. The molecule has 0 amide bonds. The lowest BCUT2D eigenvalue weighted by Crippen LogP contribution is -2.06. The highest BCUT2D eigenvalue weighted by Crippen LogP contribution is 2.25. The SMILES string of the molecule is COc1nc(C)c(C(C)=O)c(-c2ccccc2)n1. The van der Waals surface area contributed by atoms with Crippen LogP contribution in [0.1, 0.15) is 23.0 Å². The third-order valence-corrected chi connectivity index (χ3v) is 2.65. The number of benzene rings is 1. The molecular weight excluding hydrogens is 228 g/mol. The lowest BCUT2D eigenvalue weighted by molar-refractivity contribution is 0.101. The van der Waals surface area contributed by atoms with Crippen LogP contribution < -0.4 is 4.74 Å². The molecule has 1 aromatic carbocycles. The van der Waals surface area contributed by atoms with Crippen molar-refractivity contribution in [3.05, 3.63) is 41.6 Å². The lowest BCUT2D eigenvalue weighted by atomic mass is 10.0. The van der Waals surface area contributed by atoms with Gasteiger partial charge in [-0.15, -0.1) is 0 Å². The summed E-state index contributed by atoms with van der Waals surface area (Å²) >= 11 is 0. The quantitative estimate of drug-likeness (QED) is 0.776. The first-order valence-electron chi connectivity index (χ1n) is 5.62. The van der Waals surface area contributed by atoms with Gasteiger partial charge in [-0.1, -0.05) is 30.3 Å². The van der Waals surface area contributed by atoms with Crippen molar-refractivity contribution in [3.8, 4) is 17.3 Å². The summed E-state index contributed by atoms with van der Waals surface area (Å²) in [7, 11) is 1.51. The zero-order valence-corrected chi connectivity index (χ0v) is 10.6. The van der Waals surface area contributed by atoms with E-state index in [0.717, 1.165) is 5.56 Å². The lowest BCUT2D eigenvalue weighted by Gasteiger charge is -2.10. The predicted molar refractivity (Wildman–Crippen MR) is 68.8 cm³/mol. The zero-order chi connectivity index (χ0) is 13.1. The Morgan fingerprint density at radius 1 is 1.17 bits per heavy atom. The number of ether oxygens (including phenoxy) is 1. The first-order valence-corrected chi connectivity index (χ1v) is 5.62. The highest BCUT2D eigenvalue weighted by Gasteiger charge is 2.16. The van der Waals surface area contributed by atoms with Crippen LogP contribution in [0.25, 0.3) is 11.3 Å². The second kappa shape index (κ2) is 4.96. The van der Waals surface area contributed by atoms with E-state index in [1.54, 1.807) is 6.92 Å². The minimum Gasteiger partial charge on any atom is -0.467 e. The predicted octanol–water partition coefficient (Wildman–Crippen LogP) is 2.66. The molecule has 0 aliphatic carbocycles. The van der Waals surface area contributed by atoms with Crippen LogP contribution in [0.2, 0.25) is 0 Å². The van der Waals surface area contributed by atoms with Gasteiger partial charge in [-0.05, 0) is 13.8 Å². The normalized spacial score (nSPS) is 10.2. The highest BCUT2D eigenvalue weighted by molar-refractivity contribution is 6.00. The Morgan fingerprint density at radius 3 is 2.39 bits per heavy atom. The van der Waals surface area contributed by atoms with E-state index in [1.807, 2.05) is 30.3 Å². The van der Waals surface area contributed by atoms with Gasteiger partial charge in [-0.25, -0.2) is 0 Å². The molecule has 0 aliphatic rings. The second-order valence-electron chi connectivity index (χ2n) is 3.94. The first kappa shape index (κ1) is 12.2. The van der Waals surface area contributed by atoms with Crippen LogP contribution in [0.3, 0.4) is 0 Å². The maximum absolute atomic E-state index is 11.7. The Balaban J connectivity index is 2.71. The number of carbonyl (C=O) groups excluding carboxylic acids is 1. The number of hydrogen-bond acceptors (Lipinski definition) is 4. The molecule has 1 aromatic heterocycles. The number of Topliss-reactive ketones (excluding diaryl/α,β-unsaturated/α-hetero) is 1. The molecule has 4 heteroatoms. The molecule has 18 heavy (non-hydrogen) atoms. The fourth-order valence-corrected chi connectivity index (χ4v) is 1.86. The summed E-state index contributed by atoms with van der Waals surface area (Å²) in [5.74, 6) is -0.0472. The van der Waals surface area contributed by atoms with Gasteiger partial charge in [0.1, 0.15) is 0 Å². The molecule has 4 nitrogen and oxygen atoms in total. The van der Waals surface area contributed by atoms with E-state index in [2.05, 4.69) is 9.97 Å². The van der Waals surface area contributed by atoms with E-state index in [0.29, 0.717) is 17.0 Å². The van der Waals surface area contributed by atoms with Gasteiger partial charge in [0, 0.05) is 5.56 Å². The molecule has 0 N–H and O–H groups in total. The Morgan fingerprint density at radius 2 is 1.83 bits per heavy atom. The monoisotopic (exact) mass is 242 g/mol. The van der Waals surface area contributed by atoms with Gasteiger partial charge in [-0.2, -0.15) is 9.97 Å². The number of nitrogens with zero attached hydrogens (tertiary/aromatic N) is 2. The first-order chi connectivity index (χ1) is 8.63. The number of ketones is 1. The number of methoxy groups -OCH3 is 1. The molecular formula is C14H14N2O2. The molecule has 2 aromatic rings. The van der Waals surface area contributed by atoms with Crippen LogP contribution in [0, 0.1) is 6.92 Å². The molecule has 2 rings (SSSR count). The van der Waals surface area contributed by atoms with Gasteiger partial charge >= 0.3 is 6.01 Å². The summed E-state index contributed by atoms with van der Waals surface area (Å²) in [4.78, 5) is 20.2.